The van der Waals surface area contributed by atoms with Crippen LogP contribution in [0.5, 0.6) is 0 Å². The Morgan fingerprint density at radius 3 is 2.37 bits per heavy atom. The van der Waals surface area contributed by atoms with Crippen LogP contribution in [0.1, 0.15) is 21.5 Å². The lowest BCUT2D eigenvalue weighted by Gasteiger charge is -2.15. The maximum Gasteiger partial charge on any atom is 0.331 e. The van der Waals surface area contributed by atoms with E-state index >= 15 is 0 Å². The first kappa shape index (κ1) is 22.6. The molecule has 2 aromatic carbocycles. The highest BCUT2D eigenvalue weighted by molar-refractivity contribution is 6.02. The molecule has 0 aliphatic heterocycles. The van der Waals surface area contributed by atoms with Gasteiger partial charge in [0.15, 0.2) is 12.6 Å². The van der Waals surface area contributed by atoms with Gasteiger partial charge in [-0.25, -0.2) is 9.59 Å². The van der Waals surface area contributed by atoms with Gasteiger partial charge in [-0.2, -0.15) is 0 Å². The molecule has 9 nitrogen and oxygen atoms in total. The van der Waals surface area contributed by atoms with Crippen LogP contribution in [0.2, 0.25) is 0 Å². The zero-order valence-corrected chi connectivity index (χ0v) is 16.6. The molecule has 0 saturated carbocycles. The molecule has 2 aromatic rings. The molecule has 9 heteroatoms. The van der Waals surface area contributed by atoms with Crippen LogP contribution in [0.3, 0.4) is 0 Å². The van der Waals surface area contributed by atoms with Crippen molar-refractivity contribution < 1.29 is 29.0 Å². The van der Waals surface area contributed by atoms with Gasteiger partial charge < -0.3 is 20.5 Å². The Morgan fingerprint density at radius 2 is 1.70 bits per heavy atom. The summed E-state index contributed by atoms with van der Waals surface area (Å²) < 4.78 is 4.78. The smallest absolute Gasteiger partial charge is 0.331 e. The van der Waals surface area contributed by atoms with Crippen LogP contribution < -0.4 is 16.0 Å². The predicted octanol–water partition coefficient (Wildman–Crippen LogP) is 1.29. The summed E-state index contributed by atoms with van der Waals surface area (Å²) in [7, 11) is 0. The van der Waals surface area contributed by atoms with Crippen LogP contribution in [-0.4, -0.2) is 48.2 Å². The van der Waals surface area contributed by atoms with E-state index in [-0.39, 0.29) is 0 Å². The Labute approximate surface area is 173 Å². The number of benzene rings is 2. The normalized spacial score (nSPS) is 11.2. The van der Waals surface area contributed by atoms with Gasteiger partial charge in [0.1, 0.15) is 0 Å². The van der Waals surface area contributed by atoms with Crippen molar-refractivity contribution in [2.75, 3.05) is 18.5 Å². The second-order valence-corrected chi connectivity index (χ2v) is 6.43. The second-order valence-electron chi connectivity index (χ2n) is 6.43. The fourth-order valence-electron chi connectivity index (χ4n) is 2.45. The molecule has 0 saturated heterocycles. The Kier molecular flexibility index (Phi) is 8.07. The molecule has 0 aliphatic rings. The van der Waals surface area contributed by atoms with E-state index < -0.39 is 43.1 Å². The van der Waals surface area contributed by atoms with Crippen LogP contribution >= 0.6 is 0 Å². The zero-order chi connectivity index (χ0) is 22.1. The number of aryl methyl sites for hydroxylation is 1. The molecule has 4 amide bonds. The third-order valence-corrected chi connectivity index (χ3v) is 4.26. The number of rotatable bonds is 7. The number of anilines is 1. The maximum atomic E-state index is 12.1. The van der Waals surface area contributed by atoms with E-state index in [0.29, 0.717) is 11.3 Å². The van der Waals surface area contributed by atoms with Gasteiger partial charge in [0, 0.05) is 11.3 Å². The minimum atomic E-state index is -1.35. The van der Waals surface area contributed by atoms with Crippen molar-refractivity contribution in [2.24, 2.45) is 0 Å². The van der Waals surface area contributed by atoms with Crippen molar-refractivity contribution >= 4 is 29.5 Å². The number of amides is 4. The number of hydrogen-bond acceptors (Lipinski definition) is 6. The number of ether oxygens (including phenoxy) is 1. The Hall–Kier alpha value is -3.72. The third-order valence-electron chi connectivity index (χ3n) is 4.26. The first-order chi connectivity index (χ1) is 14.3. The number of carbonyl (C=O) groups excluding carboxylic acids is 4. The van der Waals surface area contributed by atoms with Crippen molar-refractivity contribution in [3.63, 3.8) is 0 Å². The largest absolute Gasteiger partial charge is 0.454 e. The van der Waals surface area contributed by atoms with Crippen LogP contribution in [0.25, 0.3) is 0 Å². The van der Waals surface area contributed by atoms with Crippen molar-refractivity contribution in [1.29, 1.82) is 0 Å². The molecular weight excluding hydrogens is 390 g/mol. The number of esters is 1. The van der Waals surface area contributed by atoms with Crippen LogP contribution in [0.4, 0.5) is 10.5 Å². The molecule has 0 radical (unpaired) electrons. The van der Waals surface area contributed by atoms with Gasteiger partial charge >= 0.3 is 12.0 Å². The summed E-state index contributed by atoms with van der Waals surface area (Å²) in [4.78, 5) is 47.9. The number of imide groups is 1. The molecule has 0 spiro atoms. The van der Waals surface area contributed by atoms with Gasteiger partial charge in [0.25, 0.3) is 11.8 Å². The summed E-state index contributed by atoms with van der Waals surface area (Å²) in [6.45, 7) is 2.24. The van der Waals surface area contributed by atoms with Gasteiger partial charge in [0.2, 0.25) is 0 Å². The fourth-order valence-corrected chi connectivity index (χ4v) is 2.45. The number of nitrogens with one attached hydrogen (secondary N) is 3. The standard InChI is InChI=1S/C21H23N3O6/c1-13-7-6-10-16(14(13)2)23-21(29)24-18(26)12-30-20(28)17(11-25)22-19(27)15-8-4-3-5-9-15/h3-10,17,25H,11-12H2,1-2H3,(H,22,27)(H2,23,24,26,29). The molecule has 0 fully saturated rings. The maximum absolute atomic E-state index is 12.1. The molecule has 30 heavy (non-hydrogen) atoms. The summed E-state index contributed by atoms with van der Waals surface area (Å²) >= 11 is 0. The van der Waals surface area contributed by atoms with E-state index in [2.05, 4.69) is 10.6 Å². The predicted molar refractivity (Wildman–Crippen MR) is 109 cm³/mol. The Balaban J connectivity index is 1.82. The summed E-state index contributed by atoms with van der Waals surface area (Å²) in [5.74, 6) is -2.45. The van der Waals surface area contributed by atoms with Crippen LogP contribution in [0, 0.1) is 13.8 Å². The van der Waals surface area contributed by atoms with E-state index in [4.69, 9.17) is 4.74 Å². The lowest BCUT2D eigenvalue weighted by atomic mass is 10.1. The molecule has 4 N–H and O–H groups in total. The molecular formula is C21H23N3O6. The highest BCUT2D eigenvalue weighted by Crippen LogP contribution is 2.17. The Morgan fingerprint density at radius 1 is 1.00 bits per heavy atom. The number of carbonyl (C=O) groups is 4. The zero-order valence-electron chi connectivity index (χ0n) is 16.6. The van der Waals surface area contributed by atoms with Crippen LogP contribution in [-0.2, 0) is 14.3 Å². The van der Waals surface area contributed by atoms with E-state index in [1.807, 2.05) is 25.2 Å². The Bertz CT molecular complexity index is 930. The van der Waals surface area contributed by atoms with E-state index in [1.54, 1.807) is 30.3 Å². The summed E-state index contributed by atoms with van der Waals surface area (Å²) in [5.41, 5.74) is 2.66. The summed E-state index contributed by atoms with van der Waals surface area (Å²) in [6, 6.07) is 11.3. The van der Waals surface area contributed by atoms with Gasteiger partial charge in [-0.15, -0.1) is 0 Å². The SMILES string of the molecule is Cc1cccc(NC(=O)NC(=O)COC(=O)C(CO)NC(=O)c2ccccc2)c1C. The minimum absolute atomic E-state index is 0.296. The number of aliphatic hydroxyl groups is 1. The molecule has 158 valence electrons. The first-order valence-corrected chi connectivity index (χ1v) is 9.12. The summed E-state index contributed by atoms with van der Waals surface area (Å²) in [6.07, 6.45) is 0. The first-order valence-electron chi connectivity index (χ1n) is 9.12. The highest BCUT2D eigenvalue weighted by atomic mass is 16.5. The van der Waals surface area contributed by atoms with E-state index in [9.17, 15) is 24.3 Å². The van der Waals surface area contributed by atoms with Gasteiger partial charge in [-0.05, 0) is 43.2 Å². The van der Waals surface area contributed by atoms with Gasteiger partial charge in [0.05, 0.1) is 6.61 Å². The van der Waals surface area contributed by atoms with Gasteiger partial charge in [-0.3, -0.25) is 14.9 Å². The monoisotopic (exact) mass is 413 g/mol. The average Bonchev–Trinajstić information content (AvgIpc) is 2.74. The fraction of sp³-hybridized carbons (Fsp3) is 0.238. The average molecular weight is 413 g/mol. The van der Waals surface area contributed by atoms with Crippen molar-refractivity contribution in [3.8, 4) is 0 Å². The lowest BCUT2D eigenvalue weighted by Crippen LogP contribution is -2.45. The summed E-state index contributed by atoms with van der Waals surface area (Å²) in [5, 5.41) is 16.2. The van der Waals surface area contributed by atoms with E-state index in [1.165, 1.54) is 12.1 Å². The molecule has 1 atom stereocenters. The molecule has 0 aromatic heterocycles. The molecule has 0 heterocycles. The second kappa shape index (κ2) is 10.7. The quantitative estimate of drug-likeness (QED) is 0.506. The lowest BCUT2D eigenvalue weighted by molar-refractivity contribution is -0.151. The molecule has 0 aliphatic carbocycles. The molecule has 1 unspecified atom stereocenters. The number of aliphatic hydroxyl groups excluding tert-OH is 1. The van der Waals surface area contributed by atoms with Gasteiger partial charge in [-0.1, -0.05) is 30.3 Å². The third kappa shape index (κ3) is 6.42. The molecule has 0 bridgehead atoms. The van der Waals surface area contributed by atoms with Crippen molar-refractivity contribution in [2.45, 2.75) is 19.9 Å². The molecule has 2 rings (SSSR count). The number of hydrogen-bond donors (Lipinski definition) is 4. The topological polar surface area (TPSA) is 134 Å². The van der Waals surface area contributed by atoms with Crippen molar-refractivity contribution in [3.05, 3.63) is 65.2 Å². The number of urea groups is 1. The highest BCUT2D eigenvalue weighted by Gasteiger charge is 2.23. The van der Waals surface area contributed by atoms with E-state index in [0.717, 1.165) is 11.1 Å². The van der Waals surface area contributed by atoms with Crippen molar-refractivity contribution in [1.82, 2.24) is 10.6 Å². The van der Waals surface area contributed by atoms with Crippen LogP contribution in [0.15, 0.2) is 48.5 Å². The minimum Gasteiger partial charge on any atom is -0.454 e.